The van der Waals surface area contributed by atoms with Crippen LogP contribution in [0.3, 0.4) is 0 Å². The minimum absolute atomic E-state index is 0.00157. The van der Waals surface area contributed by atoms with Gasteiger partial charge in [-0.15, -0.1) is 6.42 Å². The highest BCUT2D eigenvalue weighted by Crippen LogP contribution is 2.10. The summed E-state index contributed by atoms with van der Waals surface area (Å²) in [4.78, 5) is 4.20. The summed E-state index contributed by atoms with van der Waals surface area (Å²) in [5.74, 6) is 2.48. The maximum Gasteiger partial charge on any atom is 0.113 e. The molecule has 0 aliphatic rings. The van der Waals surface area contributed by atoms with Crippen molar-refractivity contribution < 1.29 is 0 Å². The molecule has 1 atom stereocenters. The molecule has 12 heavy (non-hydrogen) atoms. The van der Waals surface area contributed by atoms with Crippen molar-refractivity contribution in [3.8, 4) is 12.3 Å². The van der Waals surface area contributed by atoms with E-state index in [4.69, 9.17) is 12.2 Å². The molecule has 0 saturated carbocycles. The van der Waals surface area contributed by atoms with Gasteiger partial charge < -0.3 is 5.73 Å². The van der Waals surface area contributed by atoms with E-state index in [1.165, 1.54) is 0 Å². The highest BCUT2D eigenvalue weighted by atomic mass is 14.8. The number of pyridine rings is 1. The van der Waals surface area contributed by atoms with Crippen molar-refractivity contribution in [3.63, 3.8) is 0 Å². The summed E-state index contributed by atoms with van der Waals surface area (Å²) in [7, 11) is 0. The van der Waals surface area contributed by atoms with E-state index in [0.717, 1.165) is 12.1 Å². The van der Waals surface area contributed by atoms with Crippen LogP contribution in [0.4, 0.5) is 0 Å². The second-order valence-corrected chi connectivity index (χ2v) is 2.61. The molecule has 0 aliphatic carbocycles. The lowest BCUT2D eigenvalue weighted by molar-refractivity contribution is 0.674. The number of terminal acetylenes is 1. The molecule has 0 unspecified atom stereocenters. The third kappa shape index (κ3) is 1.84. The van der Waals surface area contributed by atoms with Gasteiger partial charge in [0.2, 0.25) is 0 Å². The smallest absolute Gasteiger partial charge is 0.113 e. The summed E-state index contributed by atoms with van der Waals surface area (Å²) in [5.41, 5.74) is 7.30. The molecular formula is C10H12N2. The summed E-state index contributed by atoms with van der Waals surface area (Å²) in [5, 5.41) is 0. The lowest BCUT2D eigenvalue weighted by Crippen LogP contribution is -2.10. The van der Waals surface area contributed by atoms with Crippen molar-refractivity contribution in [2.45, 2.75) is 19.4 Å². The van der Waals surface area contributed by atoms with Crippen molar-refractivity contribution >= 4 is 0 Å². The van der Waals surface area contributed by atoms with Gasteiger partial charge in [0.05, 0.1) is 5.69 Å². The van der Waals surface area contributed by atoms with E-state index in [-0.39, 0.29) is 6.04 Å². The number of nitrogens with zero attached hydrogens (tertiary/aromatic N) is 1. The Balaban J connectivity index is 2.95. The van der Waals surface area contributed by atoms with E-state index in [2.05, 4.69) is 10.9 Å². The first-order chi connectivity index (χ1) is 5.77. The van der Waals surface area contributed by atoms with Crippen molar-refractivity contribution in [1.82, 2.24) is 4.98 Å². The fourth-order valence-electron chi connectivity index (χ4n) is 0.948. The van der Waals surface area contributed by atoms with Gasteiger partial charge in [0.15, 0.2) is 0 Å². The maximum absolute atomic E-state index is 5.79. The number of nitrogens with two attached hydrogens (primary N) is 1. The van der Waals surface area contributed by atoms with E-state index >= 15 is 0 Å². The predicted octanol–water partition coefficient (Wildman–Crippen LogP) is 1.47. The van der Waals surface area contributed by atoms with Gasteiger partial charge in [-0.3, -0.25) is 0 Å². The van der Waals surface area contributed by atoms with Gasteiger partial charge in [-0.05, 0) is 18.6 Å². The van der Waals surface area contributed by atoms with Crippen LogP contribution < -0.4 is 5.73 Å². The zero-order valence-corrected chi connectivity index (χ0v) is 7.12. The Bertz CT molecular complexity index is 299. The van der Waals surface area contributed by atoms with Crippen molar-refractivity contribution in [2.24, 2.45) is 5.73 Å². The van der Waals surface area contributed by atoms with E-state index in [1.807, 2.05) is 19.1 Å². The Kier molecular flexibility index (Phi) is 2.84. The molecular weight excluding hydrogens is 148 g/mol. The van der Waals surface area contributed by atoms with Crippen LogP contribution in [-0.4, -0.2) is 4.98 Å². The Hall–Kier alpha value is -1.33. The standard InChI is InChI=1S/C10H12N2/c1-3-8-6-5-7-10(12-8)9(11)4-2/h1,5-7,9H,4,11H2,2H3/t9-/m1/s1. The Morgan fingerprint density at radius 2 is 2.42 bits per heavy atom. The second kappa shape index (κ2) is 3.89. The number of hydrogen-bond donors (Lipinski definition) is 1. The van der Waals surface area contributed by atoms with Crippen molar-refractivity contribution in [1.29, 1.82) is 0 Å². The topological polar surface area (TPSA) is 38.9 Å². The van der Waals surface area contributed by atoms with Gasteiger partial charge in [0.1, 0.15) is 5.69 Å². The van der Waals surface area contributed by atoms with Crippen LogP contribution in [0.15, 0.2) is 18.2 Å². The van der Waals surface area contributed by atoms with E-state index in [1.54, 1.807) is 6.07 Å². The SMILES string of the molecule is C#Cc1cccc([C@H](N)CC)n1. The van der Waals surface area contributed by atoms with Crippen LogP contribution in [0.1, 0.15) is 30.8 Å². The van der Waals surface area contributed by atoms with Crippen LogP contribution in [0.5, 0.6) is 0 Å². The molecule has 0 radical (unpaired) electrons. The third-order valence-corrected chi connectivity index (χ3v) is 1.74. The fraction of sp³-hybridized carbons (Fsp3) is 0.300. The molecule has 62 valence electrons. The number of rotatable bonds is 2. The molecule has 1 heterocycles. The minimum atomic E-state index is -0.00157. The van der Waals surface area contributed by atoms with Gasteiger partial charge in [0.25, 0.3) is 0 Å². The molecule has 1 aromatic heterocycles. The van der Waals surface area contributed by atoms with E-state index in [9.17, 15) is 0 Å². The molecule has 1 aromatic rings. The highest BCUT2D eigenvalue weighted by molar-refractivity contribution is 5.26. The molecule has 0 amide bonds. The first-order valence-electron chi connectivity index (χ1n) is 3.97. The molecule has 0 spiro atoms. The predicted molar refractivity (Wildman–Crippen MR) is 49.4 cm³/mol. The zero-order valence-electron chi connectivity index (χ0n) is 7.12. The molecule has 0 saturated heterocycles. The maximum atomic E-state index is 5.79. The second-order valence-electron chi connectivity index (χ2n) is 2.61. The number of hydrogen-bond acceptors (Lipinski definition) is 2. The average Bonchev–Trinajstić information content (AvgIpc) is 2.17. The summed E-state index contributed by atoms with van der Waals surface area (Å²) in [6.07, 6.45) is 6.08. The van der Waals surface area contributed by atoms with Gasteiger partial charge in [-0.1, -0.05) is 18.9 Å². The third-order valence-electron chi connectivity index (χ3n) is 1.74. The Morgan fingerprint density at radius 3 is 3.00 bits per heavy atom. The minimum Gasteiger partial charge on any atom is -0.323 e. The molecule has 2 heteroatoms. The lowest BCUT2D eigenvalue weighted by Gasteiger charge is -2.07. The molecule has 1 rings (SSSR count). The van der Waals surface area contributed by atoms with Gasteiger partial charge in [-0.25, -0.2) is 4.98 Å². The summed E-state index contributed by atoms with van der Waals surface area (Å²) in [6, 6.07) is 5.58. The highest BCUT2D eigenvalue weighted by Gasteiger charge is 2.03. The first kappa shape index (κ1) is 8.76. The van der Waals surface area contributed by atoms with Crippen LogP contribution in [0.2, 0.25) is 0 Å². The fourth-order valence-corrected chi connectivity index (χ4v) is 0.948. The quantitative estimate of drug-likeness (QED) is 0.665. The zero-order chi connectivity index (χ0) is 8.97. The number of aromatic nitrogens is 1. The Labute approximate surface area is 72.8 Å². The van der Waals surface area contributed by atoms with Crippen LogP contribution >= 0.6 is 0 Å². The summed E-state index contributed by atoms with van der Waals surface area (Å²) in [6.45, 7) is 2.02. The largest absolute Gasteiger partial charge is 0.323 e. The molecule has 0 bridgehead atoms. The van der Waals surface area contributed by atoms with Crippen LogP contribution in [0.25, 0.3) is 0 Å². The lowest BCUT2D eigenvalue weighted by atomic mass is 10.1. The van der Waals surface area contributed by atoms with Crippen LogP contribution in [0, 0.1) is 12.3 Å². The van der Waals surface area contributed by atoms with Gasteiger partial charge in [-0.2, -0.15) is 0 Å². The van der Waals surface area contributed by atoms with Gasteiger partial charge >= 0.3 is 0 Å². The molecule has 2 nitrogen and oxygen atoms in total. The van der Waals surface area contributed by atoms with Crippen LogP contribution in [-0.2, 0) is 0 Å². The van der Waals surface area contributed by atoms with Gasteiger partial charge in [0, 0.05) is 6.04 Å². The Morgan fingerprint density at radius 1 is 1.67 bits per heavy atom. The molecule has 0 fully saturated rings. The molecule has 0 aliphatic heterocycles. The molecule has 2 N–H and O–H groups in total. The van der Waals surface area contributed by atoms with Crippen molar-refractivity contribution in [3.05, 3.63) is 29.6 Å². The summed E-state index contributed by atoms with van der Waals surface area (Å²) < 4.78 is 0. The first-order valence-corrected chi connectivity index (χ1v) is 3.97. The average molecular weight is 160 g/mol. The monoisotopic (exact) mass is 160 g/mol. The van der Waals surface area contributed by atoms with E-state index < -0.39 is 0 Å². The normalized spacial score (nSPS) is 12.1. The van der Waals surface area contributed by atoms with Crippen molar-refractivity contribution in [2.75, 3.05) is 0 Å². The molecule has 0 aromatic carbocycles. The van der Waals surface area contributed by atoms with E-state index in [0.29, 0.717) is 5.69 Å². The summed E-state index contributed by atoms with van der Waals surface area (Å²) >= 11 is 0.